The van der Waals surface area contributed by atoms with Crippen molar-refractivity contribution in [3.05, 3.63) is 35.3 Å². The van der Waals surface area contributed by atoms with Gasteiger partial charge in [0, 0.05) is 36.0 Å². The molecule has 1 aliphatic rings. The summed E-state index contributed by atoms with van der Waals surface area (Å²) in [6, 6.07) is 5.71. The molecule has 0 saturated heterocycles. The summed E-state index contributed by atoms with van der Waals surface area (Å²) >= 11 is 1.46. The second kappa shape index (κ2) is 5.96. The van der Waals surface area contributed by atoms with E-state index in [1.165, 1.54) is 11.3 Å². The third-order valence-electron chi connectivity index (χ3n) is 3.98. The van der Waals surface area contributed by atoms with Crippen molar-refractivity contribution in [1.82, 2.24) is 4.98 Å². The smallest absolute Gasteiger partial charge is 0.232 e. The van der Waals surface area contributed by atoms with E-state index in [2.05, 4.69) is 4.98 Å². The van der Waals surface area contributed by atoms with Crippen LogP contribution in [0.5, 0.6) is 11.5 Å². The van der Waals surface area contributed by atoms with E-state index in [4.69, 9.17) is 9.47 Å². The molecule has 0 radical (unpaired) electrons. The standard InChI is InChI=1S/C16H18N2O3S/c1-18(16-17-6-7-22-16)15(19)13-9-11(13)12-8-10(20-2)4-5-14(12)21-3/h4-8,11,13H,9H2,1-3H3/t11-,13+/m0/s1. The molecule has 0 spiro atoms. The van der Waals surface area contributed by atoms with E-state index in [0.29, 0.717) is 0 Å². The van der Waals surface area contributed by atoms with E-state index in [9.17, 15) is 4.79 Å². The first kappa shape index (κ1) is 14.8. The molecule has 2 atom stereocenters. The molecule has 1 aromatic carbocycles. The molecular formula is C16H18N2O3S. The number of ether oxygens (including phenoxy) is 2. The highest BCUT2D eigenvalue weighted by atomic mass is 32.1. The monoisotopic (exact) mass is 318 g/mol. The van der Waals surface area contributed by atoms with Gasteiger partial charge in [-0.2, -0.15) is 0 Å². The predicted molar refractivity (Wildman–Crippen MR) is 85.9 cm³/mol. The van der Waals surface area contributed by atoms with Gasteiger partial charge in [0.15, 0.2) is 5.13 Å². The maximum atomic E-state index is 12.6. The maximum absolute atomic E-state index is 12.6. The SMILES string of the molecule is COc1ccc(OC)c([C@@H]2C[C@H]2C(=O)N(C)c2nccs2)c1. The van der Waals surface area contributed by atoms with Crippen molar-refractivity contribution in [3.8, 4) is 11.5 Å². The van der Waals surface area contributed by atoms with E-state index in [0.717, 1.165) is 28.6 Å². The number of rotatable bonds is 5. The van der Waals surface area contributed by atoms with Gasteiger partial charge in [0.25, 0.3) is 0 Å². The van der Waals surface area contributed by atoms with Gasteiger partial charge in [-0.05, 0) is 24.6 Å². The van der Waals surface area contributed by atoms with Crippen molar-refractivity contribution in [2.75, 3.05) is 26.2 Å². The van der Waals surface area contributed by atoms with Crippen molar-refractivity contribution >= 4 is 22.4 Å². The zero-order valence-electron chi connectivity index (χ0n) is 12.8. The quantitative estimate of drug-likeness (QED) is 0.850. The number of carbonyl (C=O) groups is 1. The Morgan fingerprint density at radius 2 is 2.18 bits per heavy atom. The van der Waals surface area contributed by atoms with Gasteiger partial charge in [-0.15, -0.1) is 11.3 Å². The van der Waals surface area contributed by atoms with Crippen LogP contribution in [0.4, 0.5) is 5.13 Å². The molecule has 0 unspecified atom stereocenters. The number of benzene rings is 1. The summed E-state index contributed by atoms with van der Waals surface area (Å²) < 4.78 is 10.7. The van der Waals surface area contributed by atoms with E-state index >= 15 is 0 Å². The number of amides is 1. The summed E-state index contributed by atoms with van der Waals surface area (Å²) in [4.78, 5) is 18.4. The zero-order chi connectivity index (χ0) is 15.7. The van der Waals surface area contributed by atoms with Crippen LogP contribution >= 0.6 is 11.3 Å². The number of methoxy groups -OCH3 is 2. The summed E-state index contributed by atoms with van der Waals surface area (Å²) in [5.74, 6) is 1.85. The van der Waals surface area contributed by atoms with Crippen LogP contribution in [0.2, 0.25) is 0 Å². The lowest BCUT2D eigenvalue weighted by atomic mass is 10.1. The Morgan fingerprint density at radius 1 is 1.36 bits per heavy atom. The summed E-state index contributed by atoms with van der Waals surface area (Å²) in [5.41, 5.74) is 1.03. The van der Waals surface area contributed by atoms with Gasteiger partial charge in [0.2, 0.25) is 5.91 Å². The molecule has 1 fully saturated rings. The van der Waals surface area contributed by atoms with Gasteiger partial charge < -0.3 is 9.47 Å². The maximum Gasteiger partial charge on any atom is 0.232 e. The minimum atomic E-state index is -0.0186. The zero-order valence-corrected chi connectivity index (χ0v) is 13.6. The fraction of sp³-hybridized carbons (Fsp3) is 0.375. The lowest BCUT2D eigenvalue weighted by Crippen LogP contribution is -2.28. The molecule has 3 rings (SSSR count). The van der Waals surface area contributed by atoms with E-state index in [-0.39, 0.29) is 17.7 Å². The summed E-state index contributed by atoms with van der Waals surface area (Å²) in [5, 5.41) is 2.60. The Bertz CT molecular complexity index is 672. The topological polar surface area (TPSA) is 51.7 Å². The lowest BCUT2D eigenvalue weighted by Gasteiger charge is -2.14. The molecule has 0 aliphatic heterocycles. The Balaban J connectivity index is 1.78. The Morgan fingerprint density at radius 3 is 2.82 bits per heavy atom. The number of hydrogen-bond acceptors (Lipinski definition) is 5. The largest absolute Gasteiger partial charge is 0.497 e. The van der Waals surface area contributed by atoms with E-state index in [1.54, 1.807) is 32.4 Å². The van der Waals surface area contributed by atoms with Gasteiger partial charge in [-0.3, -0.25) is 9.69 Å². The average Bonchev–Trinajstić information content (AvgIpc) is 3.16. The molecule has 1 aliphatic carbocycles. The summed E-state index contributed by atoms with van der Waals surface area (Å²) in [6.45, 7) is 0. The van der Waals surface area contributed by atoms with Crippen LogP contribution in [0, 0.1) is 5.92 Å². The Kier molecular flexibility index (Phi) is 4.02. The number of nitrogens with zero attached hydrogens (tertiary/aromatic N) is 2. The molecule has 0 N–H and O–H groups in total. The van der Waals surface area contributed by atoms with Crippen LogP contribution in [0.25, 0.3) is 0 Å². The molecule has 1 saturated carbocycles. The third kappa shape index (κ3) is 2.66. The summed E-state index contributed by atoms with van der Waals surface area (Å²) in [7, 11) is 5.06. The molecule has 2 aromatic rings. The van der Waals surface area contributed by atoms with Crippen LogP contribution in [0.3, 0.4) is 0 Å². The number of hydrogen-bond donors (Lipinski definition) is 0. The molecular weight excluding hydrogens is 300 g/mol. The van der Waals surface area contributed by atoms with Crippen molar-refractivity contribution in [3.63, 3.8) is 0 Å². The third-order valence-corrected chi connectivity index (χ3v) is 4.83. The van der Waals surface area contributed by atoms with E-state index < -0.39 is 0 Å². The van der Waals surface area contributed by atoms with Gasteiger partial charge in [-0.1, -0.05) is 0 Å². The molecule has 5 nitrogen and oxygen atoms in total. The van der Waals surface area contributed by atoms with Gasteiger partial charge in [-0.25, -0.2) is 4.98 Å². The van der Waals surface area contributed by atoms with Gasteiger partial charge in [0.1, 0.15) is 11.5 Å². The highest BCUT2D eigenvalue weighted by Gasteiger charge is 2.47. The summed E-state index contributed by atoms with van der Waals surface area (Å²) in [6.07, 6.45) is 2.54. The lowest BCUT2D eigenvalue weighted by molar-refractivity contribution is -0.119. The minimum Gasteiger partial charge on any atom is -0.497 e. The van der Waals surface area contributed by atoms with Gasteiger partial charge >= 0.3 is 0 Å². The Hall–Kier alpha value is -2.08. The van der Waals surface area contributed by atoms with Crippen LogP contribution in [-0.4, -0.2) is 32.2 Å². The molecule has 0 bridgehead atoms. The molecule has 1 heterocycles. The first-order valence-electron chi connectivity index (χ1n) is 7.04. The molecule has 116 valence electrons. The second-order valence-corrected chi connectivity index (χ2v) is 6.14. The predicted octanol–water partition coefficient (Wildman–Crippen LogP) is 2.93. The number of carbonyl (C=O) groups excluding carboxylic acids is 1. The number of thiazole rings is 1. The molecule has 1 aromatic heterocycles. The molecule has 1 amide bonds. The number of anilines is 1. The number of aromatic nitrogens is 1. The van der Waals surface area contributed by atoms with Crippen LogP contribution in [0.1, 0.15) is 17.9 Å². The fourth-order valence-electron chi connectivity index (χ4n) is 2.67. The normalized spacial score (nSPS) is 19.6. The molecule has 6 heteroatoms. The van der Waals surface area contributed by atoms with Crippen molar-refractivity contribution < 1.29 is 14.3 Å². The van der Waals surface area contributed by atoms with Crippen molar-refractivity contribution in [2.24, 2.45) is 5.92 Å². The van der Waals surface area contributed by atoms with Gasteiger partial charge in [0.05, 0.1) is 14.2 Å². The highest BCUT2D eigenvalue weighted by Crippen LogP contribution is 2.52. The first-order chi connectivity index (χ1) is 10.7. The Labute approximate surface area is 133 Å². The average molecular weight is 318 g/mol. The van der Waals surface area contributed by atoms with Crippen molar-refractivity contribution in [1.29, 1.82) is 0 Å². The van der Waals surface area contributed by atoms with E-state index in [1.807, 2.05) is 23.6 Å². The second-order valence-electron chi connectivity index (χ2n) is 5.27. The van der Waals surface area contributed by atoms with Crippen LogP contribution in [0.15, 0.2) is 29.8 Å². The van der Waals surface area contributed by atoms with Crippen molar-refractivity contribution in [2.45, 2.75) is 12.3 Å². The van der Waals surface area contributed by atoms with Crippen LogP contribution < -0.4 is 14.4 Å². The van der Waals surface area contributed by atoms with Crippen LogP contribution in [-0.2, 0) is 4.79 Å². The highest BCUT2D eigenvalue weighted by molar-refractivity contribution is 7.13. The molecule has 22 heavy (non-hydrogen) atoms. The minimum absolute atomic E-state index is 0.0186. The fourth-order valence-corrected chi connectivity index (χ4v) is 3.28. The first-order valence-corrected chi connectivity index (χ1v) is 7.92.